The van der Waals surface area contributed by atoms with Crippen LogP contribution in [0.3, 0.4) is 0 Å². The molecule has 2 aliphatic rings. The lowest BCUT2D eigenvalue weighted by molar-refractivity contribution is -0.137. The highest BCUT2D eigenvalue weighted by molar-refractivity contribution is 5.91. The first-order chi connectivity index (χ1) is 9.12. The Bertz CT molecular complexity index is 479. The van der Waals surface area contributed by atoms with Gasteiger partial charge in [-0.1, -0.05) is 12.1 Å². The highest BCUT2D eigenvalue weighted by Crippen LogP contribution is 2.50. The number of anilines is 1. The van der Waals surface area contributed by atoms with Crippen LogP contribution in [0.15, 0.2) is 24.3 Å². The van der Waals surface area contributed by atoms with Crippen LogP contribution in [0.5, 0.6) is 0 Å². The predicted octanol–water partition coefficient (Wildman–Crippen LogP) is 1.28. The number of hydrogen-bond acceptors (Lipinski definition) is 3. The number of nitrogen functional groups attached to an aromatic ring is 1. The first-order valence-corrected chi connectivity index (χ1v) is 6.95. The highest BCUT2D eigenvalue weighted by Gasteiger charge is 2.53. The number of amides is 1. The van der Waals surface area contributed by atoms with Crippen molar-refractivity contribution in [2.75, 3.05) is 18.8 Å². The maximum atomic E-state index is 12.7. The molecule has 1 amide bonds. The van der Waals surface area contributed by atoms with Gasteiger partial charge in [-0.15, -0.1) is 0 Å². The summed E-state index contributed by atoms with van der Waals surface area (Å²) < 4.78 is 0. The maximum absolute atomic E-state index is 12.7. The molecule has 3 rings (SSSR count). The van der Waals surface area contributed by atoms with Crippen LogP contribution in [0.1, 0.15) is 31.2 Å². The summed E-state index contributed by atoms with van der Waals surface area (Å²) in [5, 5.41) is 9.71. The Morgan fingerprint density at radius 3 is 2.58 bits per heavy atom. The third-order valence-corrected chi connectivity index (χ3v) is 4.31. The van der Waals surface area contributed by atoms with E-state index in [2.05, 4.69) is 0 Å². The minimum atomic E-state index is -0.361. The molecule has 1 aromatic rings. The Morgan fingerprint density at radius 1 is 1.32 bits per heavy atom. The lowest BCUT2D eigenvalue weighted by Gasteiger charge is -2.33. The van der Waals surface area contributed by atoms with Crippen molar-refractivity contribution in [1.82, 2.24) is 4.90 Å². The largest absolute Gasteiger partial charge is 0.399 e. The lowest BCUT2D eigenvalue weighted by Crippen LogP contribution is -2.46. The molecule has 1 aliphatic carbocycles. The van der Waals surface area contributed by atoms with E-state index in [1.807, 2.05) is 29.2 Å². The molecule has 1 aromatic carbocycles. The van der Waals surface area contributed by atoms with E-state index in [0.29, 0.717) is 6.54 Å². The molecule has 0 aromatic heterocycles. The van der Waals surface area contributed by atoms with Crippen molar-refractivity contribution in [1.29, 1.82) is 0 Å². The molecule has 1 saturated carbocycles. The molecule has 19 heavy (non-hydrogen) atoms. The van der Waals surface area contributed by atoms with Crippen LogP contribution in [0.4, 0.5) is 5.69 Å². The Hall–Kier alpha value is -1.55. The van der Waals surface area contributed by atoms with Gasteiger partial charge in [0.05, 0.1) is 11.5 Å². The summed E-state index contributed by atoms with van der Waals surface area (Å²) in [5.74, 6) is 0.177. The summed E-state index contributed by atoms with van der Waals surface area (Å²) in [7, 11) is 0. The SMILES string of the molecule is Nc1ccc(C2(C(=O)N3CCCC(O)C3)CC2)cc1. The summed E-state index contributed by atoms with van der Waals surface area (Å²) in [4.78, 5) is 14.5. The number of benzene rings is 1. The van der Waals surface area contributed by atoms with E-state index in [1.54, 1.807) is 0 Å². The smallest absolute Gasteiger partial charge is 0.233 e. The standard InChI is InChI=1S/C15H20N2O2/c16-12-5-3-11(4-6-12)15(7-8-15)14(19)17-9-1-2-13(18)10-17/h3-6,13,18H,1-2,7-10,16H2. The number of hydrogen-bond donors (Lipinski definition) is 2. The van der Waals surface area contributed by atoms with E-state index in [4.69, 9.17) is 5.73 Å². The third kappa shape index (κ3) is 2.21. The summed E-state index contributed by atoms with van der Waals surface area (Å²) in [5.41, 5.74) is 7.14. The van der Waals surface area contributed by atoms with E-state index in [9.17, 15) is 9.90 Å². The van der Waals surface area contributed by atoms with Crippen LogP contribution in [-0.2, 0) is 10.2 Å². The first kappa shape index (κ1) is 12.5. The van der Waals surface area contributed by atoms with Gasteiger partial charge in [0.15, 0.2) is 0 Å². The Kier molecular flexibility index (Phi) is 2.97. The normalized spacial score (nSPS) is 25.1. The molecule has 1 atom stereocenters. The Labute approximate surface area is 113 Å². The fourth-order valence-corrected chi connectivity index (χ4v) is 3.00. The molecule has 1 heterocycles. The topological polar surface area (TPSA) is 66.6 Å². The molecule has 4 nitrogen and oxygen atoms in total. The molecule has 0 radical (unpaired) electrons. The molecule has 1 aliphatic heterocycles. The van der Waals surface area contributed by atoms with E-state index in [-0.39, 0.29) is 17.4 Å². The van der Waals surface area contributed by atoms with Gasteiger partial charge in [-0.25, -0.2) is 0 Å². The summed E-state index contributed by atoms with van der Waals surface area (Å²) in [6, 6.07) is 7.63. The number of carbonyl (C=O) groups excluding carboxylic acids is 1. The van der Waals surface area contributed by atoms with Crippen LogP contribution in [0.25, 0.3) is 0 Å². The minimum absolute atomic E-state index is 0.177. The van der Waals surface area contributed by atoms with E-state index < -0.39 is 0 Å². The molecule has 1 saturated heterocycles. The van der Waals surface area contributed by atoms with Crippen LogP contribution in [0.2, 0.25) is 0 Å². The second kappa shape index (κ2) is 4.53. The molecule has 102 valence electrons. The average molecular weight is 260 g/mol. The molecule has 3 N–H and O–H groups in total. The van der Waals surface area contributed by atoms with Crippen LogP contribution in [-0.4, -0.2) is 35.1 Å². The van der Waals surface area contributed by atoms with Crippen molar-refractivity contribution in [2.45, 2.75) is 37.2 Å². The number of aliphatic hydroxyl groups is 1. The van der Waals surface area contributed by atoms with Crippen LogP contribution < -0.4 is 5.73 Å². The van der Waals surface area contributed by atoms with Crippen molar-refractivity contribution in [2.24, 2.45) is 0 Å². The Balaban J connectivity index is 1.80. The summed E-state index contributed by atoms with van der Waals surface area (Å²) in [6.07, 6.45) is 3.15. The molecule has 2 fully saturated rings. The van der Waals surface area contributed by atoms with Crippen molar-refractivity contribution in [3.8, 4) is 0 Å². The maximum Gasteiger partial charge on any atom is 0.233 e. The fraction of sp³-hybridized carbons (Fsp3) is 0.533. The fourth-order valence-electron chi connectivity index (χ4n) is 3.00. The molecule has 1 unspecified atom stereocenters. The van der Waals surface area contributed by atoms with Gasteiger partial charge >= 0.3 is 0 Å². The summed E-state index contributed by atoms with van der Waals surface area (Å²) >= 11 is 0. The van der Waals surface area contributed by atoms with Gasteiger partial charge in [-0.2, -0.15) is 0 Å². The summed E-state index contributed by atoms with van der Waals surface area (Å²) in [6.45, 7) is 1.25. The van der Waals surface area contributed by atoms with Gasteiger partial charge in [0.2, 0.25) is 5.91 Å². The molecular weight excluding hydrogens is 240 g/mol. The molecular formula is C15H20N2O2. The number of β-amino-alcohol motifs (C(OH)–C–C–N with tert-alkyl or cyclic N) is 1. The van der Waals surface area contributed by atoms with Gasteiger partial charge in [-0.05, 0) is 43.4 Å². The van der Waals surface area contributed by atoms with Gasteiger partial charge in [0, 0.05) is 18.8 Å². The van der Waals surface area contributed by atoms with E-state index in [0.717, 1.165) is 43.5 Å². The molecule has 0 spiro atoms. The number of carbonyl (C=O) groups is 1. The lowest BCUT2D eigenvalue weighted by atomic mass is 9.93. The van der Waals surface area contributed by atoms with Crippen LogP contribution in [0, 0.1) is 0 Å². The van der Waals surface area contributed by atoms with E-state index >= 15 is 0 Å². The van der Waals surface area contributed by atoms with Crippen molar-refractivity contribution >= 4 is 11.6 Å². The number of nitrogens with two attached hydrogens (primary N) is 1. The quantitative estimate of drug-likeness (QED) is 0.787. The predicted molar refractivity (Wildman–Crippen MR) is 73.6 cm³/mol. The minimum Gasteiger partial charge on any atom is -0.399 e. The highest BCUT2D eigenvalue weighted by atomic mass is 16.3. The monoisotopic (exact) mass is 260 g/mol. The Morgan fingerprint density at radius 2 is 2.00 bits per heavy atom. The van der Waals surface area contributed by atoms with Gasteiger partial charge in [0.25, 0.3) is 0 Å². The zero-order valence-corrected chi connectivity index (χ0v) is 11.0. The van der Waals surface area contributed by atoms with Gasteiger partial charge in [0.1, 0.15) is 0 Å². The van der Waals surface area contributed by atoms with Gasteiger partial charge < -0.3 is 15.7 Å². The number of likely N-dealkylation sites (tertiary alicyclic amines) is 1. The van der Waals surface area contributed by atoms with Crippen LogP contribution >= 0.6 is 0 Å². The number of rotatable bonds is 2. The first-order valence-electron chi connectivity index (χ1n) is 6.95. The van der Waals surface area contributed by atoms with Gasteiger partial charge in [-0.3, -0.25) is 4.79 Å². The van der Waals surface area contributed by atoms with Crippen molar-refractivity contribution in [3.05, 3.63) is 29.8 Å². The van der Waals surface area contributed by atoms with Crippen molar-refractivity contribution < 1.29 is 9.90 Å². The number of aliphatic hydroxyl groups excluding tert-OH is 1. The zero-order chi connectivity index (χ0) is 13.5. The number of piperidine rings is 1. The average Bonchev–Trinajstić information content (AvgIpc) is 3.20. The zero-order valence-electron chi connectivity index (χ0n) is 11.0. The van der Waals surface area contributed by atoms with E-state index in [1.165, 1.54) is 0 Å². The van der Waals surface area contributed by atoms with Crippen molar-refractivity contribution in [3.63, 3.8) is 0 Å². The number of nitrogens with zero attached hydrogens (tertiary/aromatic N) is 1. The molecule has 0 bridgehead atoms. The second-order valence-electron chi connectivity index (χ2n) is 5.75. The molecule has 4 heteroatoms. The third-order valence-electron chi connectivity index (χ3n) is 4.31. The second-order valence-corrected chi connectivity index (χ2v) is 5.75.